The average Bonchev–Trinajstić information content (AvgIpc) is 3.43. The van der Waals surface area contributed by atoms with E-state index >= 15 is 0 Å². The lowest BCUT2D eigenvalue weighted by Gasteiger charge is -2.05. The van der Waals surface area contributed by atoms with Crippen molar-refractivity contribution in [1.29, 1.82) is 0 Å². The summed E-state index contributed by atoms with van der Waals surface area (Å²) >= 11 is 0. The van der Waals surface area contributed by atoms with Gasteiger partial charge >= 0.3 is 0 Å². The van der Waals surface area contributed by atoms with Crippen LogP contribution in [0.2, 0.25) is 0 Å². The Morgan fingerprint density at radius 3 is 2.12 bits per heavy atom. The van der Waals surface area contributed by atoms with Crippen molar-refractivity contribution < 1.29 is 14.3 Å². The Bertz CT molecular complexity index is 1210. The van der Waals surface area contributed by atoms with E-state index < -0.39 is 0 Å². The van der Waals surface area contributed by atoms with Gasteiger partial charge < -0.3 is 10.1 Å². The molecule has 2 N–H and O–H groups in total. The highest BCUT2D eigenvalue weighted by molar-refractivity contribution is 5.90. The molecule has 0 bridgehead atoms. The van der Waals surface area contributed by atoms with E-state index in [9.17, 15) is 9.59 Å². The fraction of sp³-hybridized carbons (Fsp3) is 0.455. The normalized spacial score (nSPS) is 11.1. The number of nitrogens with one attached hydrogen (secondary N) is 2. The molecule has 0 spiro atoms. The predicted octanol–water partition coefficient (Wildman–Crippen LogP) is 6.82. The minimum Gasteiger partial charge on any atom is -0.497 e. The largest absolute Gasteiger partial charge is 0.497 e. The summed E-state index contributed by atoms with van der Waals surface area (Å²) in [4.78, 5) is 24.4. The number of ether oxygens (including phenoxy) is 1. The number of methoxy groups -OCH3 is 1. The van der Waals surface area contributed by atoms with E-state index in [-0.39, 0.29) is 18.4 Å². The number of amides is 2. The number of para-hydroxylation sites is 1. The zero-order valence-corrected chi connectivity index (χ0v) is 24.6. The standard InChI is InChI=1S/C33H45N5O3/c1-3-4-5-6-7-8-9-10-11-12-16-19-31(39)34-25-32(40)36-35-24-28-26-38(29-17-14-13-15-18-29)37-33(28)27-20-22-30(41-2)23-21-27/h13-15,17-18,20-24,26H,3-12,16,19,25H2,1-2H3,(H,34,39)(H,36,40)/b35-24-. The average molecular weight is 560 g/mol. The molecule has 2 aromatic carbocycles. The second kappa shape index (κ2) is 18.4. The van der Waals surface area contributed by atoms with Crippen LogP contribution in [0.5, 0.6) is 5.75 Å². The van der Waals surface area contributed by atoms with Gasteiger partial charge in [-0.1, -0.05) is 89.3 Å². The Labute approximate surface area is 244 Å². The van der Waals surface area contributed by atoms with Gasteiger partial charge in [-0.05, 0) is 42.8 Å². The van der Waals surface area contributed by atoms with Gasteiger partial charge in [-0.2, -0.15) is 10.2 Å². The van der Waals surface area contributed by atoms with Gasteiger partial charge in [0.15, 0.2) is 0 Å². The van der Waals surface area contributed by atoms with Crippen molar-refractivity contribution >= 4 is 18.0 Å². The van der Waals surface area contributed by atoms with Gasteiger partial charge in [0, 0.05) is 23.7 Å². The molecule has 0 saturated heterocycles. The van der Waals surface area contributed by atoms with Gasteiger partial charge in [0.2, 0.25) is 5.91 Å². The molecule has 0 radical (unpaired) electrons. The second-order valence-electron chi connectivity index (χ2n) is 10.3. The van der Waals surface area contributed by atoms with Crippen LogP contribution in [-0.2, 0) is 9.59 Å². The SMILES string of the molecule is CCCCCCCCCCCCCC(=O)NCC(=O)N/N=C\c1cn(-c2ccccc2)nc1-c1ccc(OC)cc1. The van der Waals surface area contributed by atoms with Crippen molar-refractivity contribution in [2.45, 2.75) is 84.0 Å². The van der Waals surface area contributed by atoms with E-state index in [4.69, 9.17) is 9.84 Å². The molecule has 1 heterocycles. The molecule has 0 aliphatic rings. The number of hydrazone groups is 1. The number of rotatable bonds is 19. The van der Waals surface area contributed by atoms with Crippen LogP contribution in [0.25, 0.3) is 16.9 Å². The van der Waals surface area contributed by atoms with Crippen LogP contribution in [0.1, 0.15) is 89.5 Å². The molecule has 2 amide bonds. The molecule has 220 valence electrons. The van der Waals surface area contributed by atoms with E-state index in [1.807, 2.05) is 60.8 Å². The fourth-order valence-corrected chi connectivity index (χ4v) is 4.60. The van der Waals surface area contributed by atoms with Crippen molar-refractivity contribution in [2.75, 3.05) is 13.7 Å². The van der Waals surface area contributed by atoms with E-state index in [1.165, 1.54) is 51.4 Å². The Kier molecular flexibility index (Phi) is 14.2. The summed E-state index contributed by atoms with van der Waals surface area (Å²) < 4.78 is 7.04. The monoisotopic (exact) mass is 559 g/mol. The maximum absolute atomic E-state index is 12.3. The van der Waals surface area contributed by atoms with E-state index in [1.54, 1.807) is 18.0 Å². The summed E-state index contributed by atoms with van der Waals surface area (Å²) in [6.07, 6.45) is 17.5. The minimum absolute atomic E-state index is 0.106. The van der Waals surface area contributed by atoms with Crippen molar-refractivity contribution in [3.8, 4) is 22.7 Å². The molecule has 41 heavy (non-hydrogen) atoms. The lowest BCUT2D eigenvalue weighted by Crippen LogP contribution is -2.34. The summed E-state index contributed by atoms with van der Waals surface area (Å²) in [5, 5.41) is 11.6. The van der Waals surface area contributed by atoms with E-state index in [0.29, 0.717) is 6.42 Å². The van der Waals surface area contributed by atoms with Gasteiger partial charge in [0.05, 0.1) is 25.6 Å². The van der Waals surface area contributed by atoms with Crippen molar-refractivity contribution in [3.63, 3.8) is 0 Å². The zero-order valence-electron chi connectivity index (χ0n) is 24.6. The van der Waals surface area contributed by atoms with Crippen molar-refractivity contribution in [2.24, 2.45) is 5.10 Å². The van der Waals surface area contributed by atoms with E-state index in [2.05, 4.69) is 22.8 Å². The third kappa shape index (κ3) is 11.6. The summed E-state index contributed by atoms with van der Waals surface area (Å²) in [6, 6.07) is 17.4. The number of hydrogen-bond acceptors (Lipinski definition) is 5. The molecule has 0 aliphatic heterocycles. The van der Waals surface area contributed by atoms with Gasteiger partial charge in [-0.15, -0.1) is 0 Å². The predicted molar refractivity (Wildman–Crippen MR) is 165 cm³/mol. The number of carbonyl (C=O) groups excluding carboxylic acids is 2. The Balaban J connectivity index is 1.40. The molecule has 0 unspecified atom stereocenters. The molecule has 8 nitrogen and oxygen atoms in total. The first-order valence-electron chi connectivity index (χ1n) is 15.0. The Morgan fingerprint density at radius 2 is 1.49 bits per heavy atom. The number of aromatic nitrogens is 2. The quantitative estimate of drug-likeness (QED) is 0.0957. The summed E-state index contributed by atoms with van der Waals surface area (Å²) in [5.41, 5.74) is 5.76. The summed E-state index contributed by atoms with van der Waals surface area (Å²) in [5.74, 6) is 0.269. The lowest BCUT2D eigenvalue weighted by molar-refractivity contribution is -0.126. The van der Waals surface area contributed by atoms with Crippen LogP contribution in [0.15, 0.2) is 65.9 Å². The zero-order chi connectivity index (χ0) is 29.1. The molecular weight excluding hydrogens is 514 g/mol. The van der Waals surface area contributed by atoms with Gasteiger partial charge in [-0.25, -0.2) is 10.1 Å². The minimum atomic E-state index is -0.380. The smallest absolute Gasteiger partial charge is 0.259 e. The Hall–Kier alpha value is -3.94. The third-order valence-electron chi connectivity index (χ3n) is 6.97. The first kappa shape index (κ1) is 31.6. The second-order valence-corrected chi connectivity index (χ2v) is 10.3. The molecule has 0 fully saturated rings. The Morgan fingerprint density at radius 1 is 0.854 bits per heavy atom. The highest BCUT2D eigenvalue weighted by Crippen LogP contribution is 2.25. The third-order valence-corrected chi connectivity index (χ3v) is 6.97. The van der Waals surface area contributed by atoms with Crippen LogP contribution < -0.4 is 15.5 Å². The first-order valence-corrected chi connectivity index (χ1v) is 15.0. The van der Waals surface area contributed by atoms with Gasteiger partial charge in [0.1, 0.15) is 11.4 Å². The topological polar surface area (TPSA) is 97.6 Å². The highest BCUT2D eigenvalue weighted by atomic mass is 16.5. The molecular formula is C33H45N5O3. The number of unbranched alkanes of at least 4 members (excludes halogenated alkanes) is 10. The van der Waals surface area contributed by atoms with Crippen LogP contribution in [-0.4, -0.2) is 41.5 Å². The number of nitrogens with zero attached hydrogens (tertiary/aromatic N) is 3. The maximum Gasteiger partial charge on any atom is 0.259 e. The maximum atomic E-state index is 12.3. The summed E-state index contributed by atoms with van der Waals surface area (Å²) in [6.45, 7) is 2.14. The molecule has 0 atom stereocenters. The van der Waals surface area contributed by atoms with Gasteiger partial charge in [0.25, 0.3) is 5.91 Å². The molecule has 1 aromatic heterocycles. The lowest BCUT2D eigenvalue weighted by atomic mass is 10.1. The molecule has 0 aliphatic carbocycles. The summed E-state index contributed by atoms with van der Waals surface area (Å²) in [7, 11) is 1.63. The van der Waals surface area contributed by atoms with E-state index in [0.717, 1.165) is 47.5 Å². The number of hydrogen-bond donors (Lipinski definition) is 2. The van der Waals surface area contributed by atoms with Crippen LogP contribution in [0.4, 0.5) is 0 Å². The van der Waals surface area contributed by atoms with Crippen LogP contribution >= 0.6 is 0 Å². The number of benzene rings is 2. The highest BCUT2D eigenvalue weighted by Gasteiger charge is 2.12. The van der Waals surface area contributed by atoms with Crippen molar-refractivity contribution in [1.82, 2.24) is 20.5 Å². The van der Waals surface area contributed by atoms with Crippen LogP contribution in [0, 0.1) is 0 Å². The first-order chi connectivity index (χ1) is 20.1. The molecule has 3 aromatic rings. The van der Waals surface area contributed by atoms with Crippen LogP contribution in [0.3, 0.4) is 0 Å². The molecule has 8 heteroatoms. The number of carbonyl (C=O) groups is 2. The fourth-order valence-electron chi connectivity index (χ4n) is 4.60. The van der Waals surface area contributed by atoms with Crippen molar-refractivity contribution in [3.05, 3.63) is 66.4 Å². The molecule has 3 rings (SSSR count). The van der Waals surface area contributed by atoms with Gasteiger partial charge in [-0.3, -0.25) is 9.59 Å². The molecule has 0 saturated carbocycles.